The Labute approximate surface area is 115 Å². The molecule has 1 aromatic rings. The molecule has 20 heavy (non-hydrogen) atoms. The zero-order chi connectivity index (χ0) is 15.4. The van der Waals surface area contributed by atoms with Gasteiger partial charge in [0.05, 0.1) is 0 Å². The van der Waals surface area contributed by atoms with Crippen LogP contribution >= 0.6 is 0 Å². The molecule has 0 radical (unpaired) electrons. The molecule has 0 aliphatic heterocycles. The van der Waals surface area contributed by atoms with E-state index < -0.39 is 40.7 Å². The van der Waals surface area contributed by atoms with E-state index in [2.05, 4.69) is 5.32 Å². The van der Waals surface area contributed by atoms with Gasteiger partial charge in [0.1, 0.15) is 0 Å². The molecular weight excluding hydrogens is 277 g/mol. The summed E-state index contributed by atoms with van der Waals surface area (Å²) in [6.07, 6.45) is 1.36. The Hall–Kier alpha value is -1.17. The second-order valence-electron chi connectivity index (χ2n) is 4.78. The van der Waals surface area contributed by atoms with Crippen LogP contribution in [0.4, 0.5) is 22.0 Å². The van der Waals surface area contributed by atoms with Crippen LogP contribution in [0.25, 0.3) is 0 Å². The van der Waals surface area contributed by atoms with Crippen molar-refractivity contribution in [2.24, 2.45) is 5.92 Å². The lowest BCUT2D eigenvalue weighted by Crippen LogP contribution is -2.29. The summed E-state index contributed by atoms with van der Waals surface area (Å²) in [6, 6.07) is -0.912. The van der Waals surface area contributed by atoms with E-state index in [9.17, 15) is 22.0 Å². The van der Waals surface area contributed by atoms with Crippen molar-refractivity contribution < 1.29 is 22.0 Å². The first-order chi connectivity index (χ1) is 9.36. The molecule has 0 amide bonds. The molecule has 1 rings (SSSR count). The summed E-state index contributed by atoms with van der Waals surface area (Å²) in [6.45, 7) is 5.67. The predicted molar refractivity (Wildman–Crippen MR) is 66.7 cm³/mol. The number of halogens is 5. The Bertz CT molecular complexity index is 446. The van der Waals surface area contributed by atoms with Crippen LogP contribution in [-0.4, -0.2) is 6.54 Å². The second-order valence-corrected chi connectivity index (χ2v) is 4.78. The van der Waals surface area contributed by atoms with E-state index in [1.54, 1.807) is 13.8 Å². The average Bonchev–Trinajstić information content (AvgIpc) is 2.42. The van der Waals surface area contributed by atoms with Gasteiger partial charge >= 0.3 is 0 Å². The molecule has 0 spiro atoms. The highest BCUT2D eigenvalue weighted by Gasteiger charge is 2.32. The minimum atomic E-state index is -2.12. The standard InChI is InChI=1S/C14H18F5N/c1-4-6-7(3)14(20-5-2)8-9(15)11(17)13(19)12(18)10(8)16/h7,14,20H,4-6H2,1-3H3. The summed E-state index contributed by atoms with van der Waals surface area (Å²) >= 11 is 0. The van der Waals surface area contributed by atoms with Gasteiger partial charge in [-0.15, -0.1) is 0 Å². The van der Waals surface area contributed by atoms with E-state index in [1.807, 2.05) is 6.92 Å². The summed E-state index contributed by atoms with van der Waals surface area (Å²) < 4.78 is 67.2. The minimum absolute atomic E-state index is 0.256. The Morgan fingerprint density at radius 3 is 1.70 bits per heavy atom. The lowest BCUT2D eigenvalue weighted by Gasteiger charge is -2.26. The fourth-order valence-corrected chi connectivity index (χ4v) is 2.32. The molecule has 6 heteroatoms. The lowest BCUT2D eigenvalue weighted by atomic mass is 9.90. The van der Waals surface area contributed by atoms with E-state index in [0.29, 0.717) is 13.0 Å². The van der Waals surface area contributed by atoms with Gasteiger partial charge < -0.3 is 5.32 Å². The summed E-state index contributed by atoms with van der Waals surface area (Å²) in [5, 5.41) is 2.80. The smallest absolute Gasteiger partial charge is 0.200 e. The van der Waals surface area contributed by atoms with E-state index in [-0.39, 0.29) is 5.92 Å². The van der Waals surface area contributed by atoms with Crippen LogP contribution in [0.15, 0.2) is 0 Å². The summed E-state index contributed by atoms with van der Waals surface area (Å²) in [5.41, 5.74) is -0.774. The third-order valence-electron chi connectivity index (χ3n) is 3.29. The van der Waals surface area contributed by atoms with Crippen LogP contribution in [0, 0.1) is 35.0 Å². The maximum atomic E-state index is 13.8. The molecule has 0 heterocycles. The Morgan fingerprint density at radius 2 is 1.30 bits per heavy atom. The van der Waals surface area contributed by atoms with E-state index in [4.69, 9.17) is 0 Å². The number of hydrogen-bond donors (Lipinski definition) is 1. The topological polar surface area (TPSA) is 12.0 Å². The normalized spacial score (nSPS) is 14.4. The van der Waals surface area contributed by atoms with Crippen LogP contribution < -0.4 is 5.32 Å². The molecule has 0 bridgehead atoms. The van der Waals surface area contributed by atoms with Gasteiger partial charge in [-0.25, -0.2) is 22.0 Å². The summed E-state index contributed by atoms with van der Waals surface area (Å²) in [5.74, 6) is -9.68. The van der Waals surface area contributed by atoms with Gasteiger partial charge in [-0.1, -0.05) is 27.2 Å². The Kier molecular flexibility index (Phi) is 5.92. The summed E-state index contributed by atoms with van der Waals surface area (Å²) in [4.78, 5) is 0. The van der Waals surface area contributed by atoms with Crippen molar-refractivity contribution in [1.82, 2.24) is 5.32 Å². The van der Waals surface area contributed by atoms with Gasteiger partial charge in [0.25, 0.3) is 0 Å². The molecule has 1 N–H and O–H groups in total. The zero-order valence-electron chi connectivity index (χ0n) is 11.7. The molecule has 1 aromatic carbocycles. The van der Waals surface area contributed by atoms with Gasteiger partial charge in [-0.2, -0.15) is 0 Å². The molecule has 0 fully saturated rings. The molecule has 0 saturated carbocycles. The van der Waals surface area contributed by atoms with Gasteiger partial charge in [0.15, 0.2) is 23.3 Å². The van der Waals surface area contributed by atoms with E-state index in [0.717, 1.165) is 6.42 Å². The zero-order valence-corrected chi connectivity index (χ0v) is 11.7. The molecule has 2 atom stereocenters. The SMILES string of the molecule is CCCC(C)C(NCC)c1c(F)c(F)c(F)c(F)c1F. The first-order valence-corrected chi connectivity index (χ1v) is 6.61. The Morgan fingerprint density at radius 1 is 0.850 bits per heavy atom. The first-order valence-electron chi connectivity index (χ1n) is 6.61. The van der Waals surface area contributed by atoms with Crippen molar-refractivity contribution in [2.45, 2.75) is 39.7 Å². The molecule has 0 aromatic heterocycles. The fourth-order valence-electron chi connectivity index (χ4n) is 2.32. The fraction of sp³-hybridized carbons (Fsp3) is 0.571. The maximum absolute atomic E-state index is 13.8. The molecule has 2 unspecified atom stereocenters. The monoisotopic (exact) mass is 295 g/mol. The number of nitrogens with one attached hydrogen (secondary N) is 1. The van der Waals surface area contributed by atoms with Gasteiger partial charge in [-0.05, 0) is 18.9 Å². The molecule has 1 nitrogen and oxygen atoms in total. The highest BCUT2D eigenvalue weighted by Crippen LogP contribution is 2.33. The van der Waals surface area contributed by atoms with Crippen molar-refractivity contribution in [3.05, 3.63) is 34.6 Å². The molecule has 0 saturated heterocycles. The van der Waals surface area contributed by atoms with Gasteiger partial charge in [0.2, 0.25) is 5.82 Å². The van der Waals surface area contributed by atoms with Crippen molar-refractivity contribution in [2.75, 3.05) is 6.54 Å². The third kappa shape index (κ3) is 3.11. The van der Waals surface area contributed by atoms with E-state index >= 15 is 0 Å². The number of rotatable bonds is 6. The highest BCUT2D eigenvalue weighted by molar-refractivity contribution is 5.27. The van der Waals surface area contributed by atoms with Crippen LogP contribution in [0.2, 0.25) is 0 Å². The Balaban J connectivity index is 3.40. The lowest BCUT2D eigenvalue weighted by molar-refractivity contribution is 0.316. The summed E-state index contributed by atoms with van der Waals surface area (Å²) in [7, 11) is 0. The second kappa shape index (κ2) is 7.02. The van der Waals surface area contributed by atoms with Crippen LogP contribution in [-0.2, 0) is 0 Å². The van der Waals surface area contributed by atoms with Crippen LogP contribution in [0.3, 0.4) is 0 Å². The average molecular weight is 295 g/mol. The van der Waals surface area contributed by atoms with Crippen molar-refractivity contribution in [3.8, 4) is 0 Å². The first kappa shape index (κ1) is 16.9. The molecular formula is C14H18F5N. The largest absolute Gasteiger partial charge is 0.310 e. The number of hydrogen-bond acceptors (Lipinski definition) is 1. The van der Waals surface area contributed by atoms with Gasteiger partial charge in [-0.3, -0.25) is 0 Å². The van der Waals surface area contributed by atoms with E-state index in [1.165, 1.54) is 0 Å². The van der Waals surface area contributed by atoms with Gasteiger partial charge in [0, 0.05) is 11.6 Å². The quantitative estimate of drug-likeness (QED) is 0.464. The van der Waals surface area contributed by atoms with Crippen LogP contribution in [0.1, 0.15) is 45.2 Å². The minimum Gasteiger partial charge on any atom is -0.310 e. The van der Waals surface area contributed by atoms with Crippen molar-refractivity contribution in [1.29, 1.82) is 0 Å². The molecule has 114 valence electrons. The number of benzene rings is 1. The predicted octanol–water partition coefficient (Wildman–Crippen LogP) is 4.47. The van der Waals surface area contributed by atoms with Crippen molar-refractivity contribution in [3.63, 3.8) is 0 Å². The maximum Gasteiger partial charge on any atom is 0.200 e. The molecule has 0 aliphatic rings. The molecule has 0 aliphatic carbocycles. The third-order valence-corrected chi connectivity index (χ3v) is 3.29. The van der Waals surface area contributed by atoms with Crippen LogP contribution in [0.5, 0.6) is 0 Å². The highest BCUT2D eigenvalue weighted by atomic mass is 19.2. The van der Waals surface area contributed by atoms with Crippen molar-refractivity contribution >= 4 is 0 Å².